The topological polar surface area (TPSA) is 26.0 Å². The van der Waals surface area contributed by atoms with Crippen molar-refractivity contribution in [3.63, 3.8) is 0 Å². The van der Waals surface area contributed by atoms with Crippen molar-refractivity contribution in [3.05, 3.63) is 28.2 Å². The van der Waals surface area contributed by atoms with E-state index >= 15 is 0 Å². The zero-order valence-electron chi connectivity index (χ0n) is 6.18. The molecule has 2 N–H and O–H groups in total. The van der Waals surface area contributed by atoms with Crippen molar-refractivity contribution < 1.29 is 0 Å². The van der Waals surface area contributed by atoms with Gasteiger partial charge in [-0.2, -0.15) is 0 Å². The maximum absolute atomic E-state index is 5.66. The number of hydrogen-bond donors (Lipinski definition) is 1. The molecule has 0 radical (unpaired) electrons. The van der Waals surface area contributed by atoms with Gasteiger partial charge in [0.15, 0.2) is 0 Å². The first kappa shape index (κ1) is 7.17. The van der Waals surface area contributed by atoms with Gasteiger partial charge in [-0.3, -0.25) is 0 Å². The Kier molecular flexibility index (Phi) is 1.64. The first-order chi connectivity index (χ1) is 5.27. The molecule has 0 heterocycles. The molecule has 1 fully saturated rings. The molecule has 11 heavy (non-hydrogen) atoms. The predicted molar refractivity (Wildman–Crippen MR) is 50.5 cm³/mol. The third kappa shape index (κ3) is 1.41. The molecular weight excluding hydrogens is 202 g/mol. The van der Waals surface area contributed by atoms with Gasteiger partial charge in [0, 0.05) is 10.2 Å². The zero-order valence-corrected chi connectivity index (χ0v) is 7.76. The van der Waals surface area contributed by atoms with Crippen molar-refractivity contribution in [2.75, 3.05) is 5.73 Å². The van der Waals surface area contributed by atoms with Gasteiger partial charge >= 0.3 is 0 Å². The normalized spacial score (nSPS) is 16.8. The summed E-state index contributed by atoms with van der Waals surface area (Å²) in [4.78, 5) is 0. The highest BCUT2D eigenvalue weighted by atomic mass is 79.9. The Morgan fingerprint density at radius 3 is 2.64 bits per heavy atom. The van der Waals surface area contributed by atoms with Crippen molar-refractivity contribution in [1.82, 2.24) is 0 Å². The standard InChI is InChI=1S/C9H10BrN/c10-8-5-7(6-1-2-6)3-4-9(8)11/h3-6H,1-2,11H2. The van der Waals surface area contributed by atoms with Gasteiger partial charge < -0.3 is 5.73 Å². The number of benzene rings is 1. The van der Waals surface area contributed by atoms with E-state index in [4.69, 9.17) is 5.73 Å². The van der Waals surface area contributed by atoms with Gasteiger partial charge in [-0.15, -0.1) is 0 Å². The minimum atomic E-state index is 0.812. The molecule has 1 aromatic carbocycles. The maximum Gasteiger partial charge on any atom is 0.0458 e. The Balaban J connectivity index is 2.36. The Morgan fingerprint density at radius 1 is 1.36 bits per heavy atom. The van der Waals surface area contributed by atoms with E-state index in [1.807, 2.05) is 6.07 Å². The van der Waals surface area contributed by atoms with Crippen LogP contribution in [0.2, 0.25) is 0 Å². The summed E-state index contributed by atoms with van der Waals surface area (Å²) in [6.45, 7) is 0. The largest absolute Gasteiger partial charge is 0.398 e. The first-order valence-electron chi connectivity index (χ1n) is 3.82. The van der Waals surface area contributed by atoms with Gasteiger partial charge in [-0.05, 0) is 52.4 Å². The lowest BCUT2D eigenvalue weighted by molar-refractivity contribution is 1.13. The highest BCUT2D eigenvalue weighted by Gasteiger charge is 2.23. The van der Waals surface area contributed by atoms with Crippen LogP contribution in [0.3, 0.4) is 0 Å². The van der Waals surface area contributed by atoms with E-state index in [2.05, 4.69) is 28.1 Å². The molecule has 0 aromatic heterocycles. The molecule has 2 rings (SSSR count). The summed E-state index contributed by atoms with van der Waals surface area (Å²) >= 11 is 3.42. The molecule has 1 nitrogen and oxygen atoms in total. The Bertz CT molecular complexity index is 279. The zero-order chi connectivity index (χ0) is 7.84. The van der Waals surface area contributed by atoms with Gasteiger partial charge in [0.1, 0.15) is 0 Å². The van der Waals surface area contributed by atoms with Crippen molar-refractivity contribution in [1.29, 1.82) is 0 Å². The van der Waals surface area contributed by atoms with Crippen LogP contribution in [0.25, 0.3) is 0 Å². The molecule has 0 aliphatic heterocycles. The molecule has 1 aromatic rings. The molecule has 1 aliphatic carbocycles. The van der Waals surface area contributed by atoms with E-state index in [0.29, 0.717) is 0 Å². The Hall–Kier alpha value is -0.500. The van der Waals surface area contributed by atoms with Gasteiger partial charge in [0.05, 0.1) is 0 Å². The molecule has 0 amide bonds. The van der Waals surface area contributed by atoms with Crippen molar-refractivity contribution in [2.45, 2.75) is 18.8 Å². The lowest BCUT2D eigenvalue weighted by atomic mass is 10.1. The smallest absolute Gasteiger partial charge is 0.0458 e. The molecule has 0 atom stereocenters. The second kappa shape index (κ2) is 2.52. The fourth-order valence-electron chi connectivity index (χ4n) is 1.21. The van der Waals surface area contributed by atoms with E-state index < -0.39 is 0 Å². The van der Waals surface area contributed by atoms with Crippen LogP contribution in [0.15, 0.2) is 22.7 Å². The Labute approximate surface area is 74.7 Å². The van der Waals surface area contributed by atoms with Gasteiger partial charge in [-0.25, -0.2) is 0 Å². The second-order valence-electron chi connectivity index (χ2n) is 3.06. The van der Waals surface area contributed by atoms with Crippen LogP contribution in [-0.2, 0) is 0 Å². The molecule has 1 saturated carbocycles. The highest BCUT2D eigenvalue weighted by molar-refractivity contribution is 9.10. The van der Waals surface area contributed by atoms with Crippen molar-refractivity contribution in [2.24, 2.45) is 0 Å². The fraction of sp³-hybridized carbons (Fsp3) is 0.333. The molecule has 58 valence electrons. The van der Waals surface area contributed by atoms with Crippen molar-refractivity contribution >= 4 is 21.6 Å². The monoisotopic (exact) mass is 211 g/mol. The van der Waals surface area contributed by atoms with E-state index in [-0.39, 0.29) is 0 Å². The van der Waals surface area contributed by atoms with Crippen LogP contribution >= 0.6 is 15.9 Å². The predicted octanol–water partition coefficient (Wildman–Crippen LogP) is 2.91. The molecule has 0 saturated heterocycles. The SMILES string of the molecule is Nc1ccc(C2CC2)cc1Br. The van der Waals surface area contributed by atoms with E-state index in [1.54, 1.807) is 0 Å². The number of rotatable bonds is 1. The lowest BCUT2D eigenvalue weighted by Gasteiger charge is -2.00. The van der Waals surface area contributed by atoms with Gasteiger partial charge in [-0.1, -0.05) is 6.07 Å². The van der Waals surface area contributed by atoms with Crippen LogP contribution in [-0.4, -0.2) is 0 Å². The third-order valence-electron chi connectivity index (χ3n) is 2.07. The van der Waals surface area contributed by atoms with E-state index in [0.717, 1.165) is 16.1 Å². The number of nitrogen functional groups attached to an aromatic ring is 1. The highest BCUT2D eigenvalue weighted by Crippen LogP contribution is 2.41. The molecular formula is C9H10BrN. The summed E-state index contributed by atoms with van der Waals surface area (Å²) in [6, 6.07) is 6.22. The lowest BCUT2D eigenvalue weighted by Crippen LogP contribution is -1.87. The fourth-order valence-corrected chi connectivity index (χ4v) is 1.61. The minimum Gasteiger partial charge on any atom is -0.398 e. The molecule has 0 unspecified atom stereocenters. The van der Waals surface area contributed by atoms with Crippen LogP contribution in [0.5, 0.6) is 0 Å². The maximum atomic E-state index is 5.66. The van der Waals surface area contributed by atoms with Crippen LogP contribution < -0.4 is 5.73 Å². The van der Waals surface area contributed by atoms with E-state index in [1.165, 1.54) is 18.4 Å². The summed E-state index contributed by atoms with van der Waals surface area (Å²) in [5.74, 6) is 0.812. The van der Waals surface area contributed by atoms with Crippen LogP contribution in [0.1, 0.15) is 24.3 Å². The molecule has 0 spiro atoms. The van der Waals surface area contributed by atoms with Gasteiger partial charge in [0.2, 0.25) is 0 Å². The number of nitrogens with two attached hydrogens (primary N) is 1. The van der Waals surface area contributed by atoms with Crippen molar-refractivity contribution in [3.8, 4) is 0 Å². The van der Waals surface area contributed by atoms with Gasteiger partial charge in [0.25, 0.3) is 0 Å². The Morgan fingerprint density at radius 2 is 2.09 bits per heavy atom. The summed E-state index contributed by atoms with van der Waals surface area (Å²) in [6.07, 6.45) is 2.69. The summed E-state index contributed by atoms with van der Waals surface area (Å²) in [5, 5.41) is 0. The number of hydrogen-bond acceptors (Lipinski definition) is 1. The molecule has 0 bridgehead atoms. The minimum absolute atomic E-state index is 0.812. The second-order valence-corrected chi connectivity index (χ2v) is 3.91. The van der Waals surface area contributed by atoms with Crippen LogP contribution in [0.4, 0.5) is 5.69 Å². The average molecular weight is 212 g/mol. The molecule has 1 aliphatic rings. The summed E-state index contributed by atoms with van der Waals surface area (Å²) in [7, 11) is 0. The first-order valence-corrected chi connectivity index (χ1v) is 4.61. The number of anilines is 1. The molecule has 2 heteroatoms. The summed E-state index contributed by atoms with van der Waals surface area (Å²) < 4.78 is 1.03. The third-order valence-corrected chi connectivity index (χ3v) is 2.76. The van der Waals surface area contributed by atoms with Crippen LogP contribution in [0, 0.1) is 0 Å². The summed E-state index contributed by atoms with van der Waals surface area (Å²) in [5.41, 5.74) is 7.91. The quantitative estimate of drug-likeness (QED) is 0.711. The average Bonchev–Trinajstić information content (AvgIpc) is 2.77. The van der Waals surface area contributed by atoms with E-state index in [9.17, 15) is 0 Å². The number of halogens is 1.